The molecule has 0 spiro atoms. The van der Waals surface area contributed by atoms with Crippen LogP contribution in [-0.4, -0.2) is 19.6 Å². The minimum Gasteiger partial charge on any atom is -0.496 e. The monoisotopic (exact) mass is 375 g/mol. The third-order valence-corrected chi connectivity index (χ3v) is 4.45. The number of ether oxygens (including phenoxy) is 1. The van der Waals surface area contributed by atoms with Gasteiger partial charge in [-0.3, -0.25) is 4.79 Å². The van der Waals surface area contributed by atoms with E-state index in [9.17, 15) is 4.79 Å². The van der Waals surface area contributed by atoms with Crippen molar-refractivity contribution in [1.29, 1.82) is 0 Å². The van der Waals surface area contributed by atoms with E-state index in [-0.39, 0.29) is 5.91 Å². The standard InChI is InChI=1S/C19H22BrNO2/c1-14(16-6-4-3-5-7-16)13-21-19(22)11-9-15-8-10-18(23-2)17(20)12-15/h3-8,10,12,14H,9,11,13H2,1-2H3,(H,21,22). The molecule has 0 aliphatic carbocycles. The second-order valence-electron chi connectivity index (χ2n) is 5.58. The summed E-state index contributed by atoms with van der Waals surface area (Å²) in [5.74, 6) is 1.20. The second-order valence-corrected chi connectivity index (χ2v) is 6.44. The van der Waals surface area contributed by atoms with Gasteiger partial charge in [0.1, 0.15) is 5.75 Å². The molecule has 1 amide bonds. The molecule has 0 fully saturated rings. The summed E-state index contributed by atoms with van der Waals surface area (Å²) in [6.45, 7) is 2.78. The first-order valence-electron chi connectivity index (χ1n) is 7.74. The molecule has 0 saturated carbocycles. The molecule has 23 heavy (non-hydrogen) atoms. The second kappa shape index (κ2) is 8.73. The van der Waals surface area contributed by atoms with E-state index >= 15 is 0 Å². The largest absolute Gasteiger partial charge is 0.496 e. The van der Waals surface area contributed by atoms with Gasteiger partial charge in [-0.2, -0.15) is 0 Å². The molecule has 1 N–H and O–H groups in total. The Morgan fingerprint density at radius 1 is 1.22 bits per heavy atom. The molecule has 2 rings (SSSR count). The zero-order valence-corrected chi connectivity index (χ0v) is 15.1. The minimum atomic E-state index is 0.0831. The molecular formula is C19H22BrNO2. The lowest BCUT2D eigenvalue weighted by Gasteiger charge is -2.13. The zero-order valence-electron chi connectivity index (χ0n) is 13.5. The van der Waals surface area contributed by atoms with Gasteiger partial charge in [0.2, 0.25) is 5.91 Å². The predicted octanol–water partition coefficient (Wildman–Crippen LogP) is 4.31. The maximum atomic E-state index is 12.0. The fourth-order valence-corrected chi connectivity index (χ4v) is 2.97. The minimum absolute atomic E-state index is 0.0831. The highest BCUT2D eigenvalue weighted by atomic mass is 79.9. The maximum Gasteiger partial charge on any atom is 0.220 e. The number of aryl methyl sites for hydroxylation is 1. The van der Waals surface area contributed by atoms with Gasteiger partial charge in [-0.15, -0.1) is 0 Å². The summed E-state index contributed by atoms with van der Waals surface area (Å²) in [7, 11) is 1.64. The molecule has 0 saturated heterocycles. The number of methoxy groups -OCH3 is 1. The molecule has 0 bridgehead atoms. The van der Waals surface area contributed by atoms with Crippen LogP contribution in [0.15, 0.2) is 53.0 Å². The molecule has 2 aromatic carbocycles. The highest BCUT2D eigenvalue weighted by Crippen LogP contribution is 2.25. The number of hydrogen-bond donors (Lipinski definition) is 1. The van der Waals surface area contributed by atoms with E-state index in [1.807, 2.05) is 36.4 Å². The third kappa shape index (κ3) is 5.39. The van der Waals surface area contributed by atoms with Crippen LogP contribution >= 0.6 is 15.9 Å². The number of carbonyl (C=O) groups excluding carboxylic acids is 1. The summed E-state index contributed by atoms with van der Waals surface area (Å²) in [6.07, 6.45) is 1.20. The number of hydrogen-bond acceptors (Lipinski definition) is 2. The van der Waals surface area contributed by atoms with Crippen LogP contribution in [0.5, 0.6) is 5.75 Å². The van der Waals surface area contributed by atoms with E-state index in [2.05, 4.69) is 40.3 Å². The molecule has 0 aliphatic heterocycles. The van der Waals surface area contributed by atoms with E-state index < -0.39 is 0 Å². The van der Waals surface area contributed by atoms with Crippen LogP contribution in [0.3, 0.4) is 0 Å². The summed E-state index contributed by atoms with van der Waals surface area (Å²) in [5.41, 5.74) is 2.36. The van der Waals surface area contributed by atoms with E-state index in [1.54, 1.807) is 7.11 Å². The van der Waals surface area contributed by atoms with Crippen LogP contribution in [0, 0.1) is 0 Å². The van der Waals surface area contributed by atoms with Crippen molar-refractivity contribution in [2.24, 2.45) is 0 Å². The lowest BCUT2D eigenvalue weighted by molar-refractivity contribution is -0.121. The number of halogens is 1. The Bertz CT molecular complexity index is 643. The Labute approximate surface area is 146 Å². The average Bonchev–Trinajstić information content (AvgIpc) is 2.58. The summed E-state index contributed by atoms with van der Waals surface area (Å²) in [4.78, 5) is 12.0. The van der Waals surface area contributed by atoms with Crippen molar-refractivity contribution in [3.63, 3.8) is 0 Å². The van der Waals surface area contributed by atoms with E-state index in [1.165, 1.54) is 5.56 Å². The van der Waals surface area contributed by atoms with Gasteiger partial charge in [0.15, 0.2) is 0 Å². The summed E-state index contributed by atoms with van der Waals surface area (Å²) in [5, 5.41) is 3.01. The SMILES string of the molecule is COc1ccc(CCC(=O)NCC(C)c2ccccc2)cc1Br. The molecule has 1 unspecified atom stereocenters. The fourth-order valence-electron chi connectivity index (χ4n) is 2.38. The first kappa shape index (κ1) is 17.5. The molecule has 4 heteroatoms. The van der Waals surface area contributed by atoms with E-state index in [4.69, 9.17) is 4.74 Å². The Morgan fingerprint density at radius 3 is 2.61 bits per heavy atom. The molecule has 0 radical (unpaired) electrons. The smallest absolute Gasteiger partial charge is 0.220 e. The first-order valence-corrected chi connectivity index (χ1v) is 8.53. The van der Waals surface area contributed by atoms with Crippen LogP contribution in [0.1, 0.15) is 30.4 Å². The van der Waals surface area contributed by atoms with Gasteiger partial charge in [0.25, 0.3) is 0 Å². The van der Waals surface area contributed by atoms with Crippen molar-refractivity contribution in [3.05, 3.63) is 64.1 Å². The summed E-state index contributed by atoms with van der Waals surface area (Å²) in [6, 6.07) is 16.1. The molecular weight excluding hydrogens is 354 g/mol. The maximum absolute atomic E-state index is 12.0. The summed E-state index contributed by atoms with van der Waals surface area (Å²) < 4.78 is 6.12. The Hall–Kier alpha value is -1.81. The molecule has 3 nitrogen and oxygen atoms in total. The van der Waals surface area contributed by atoms with Gasteiger partial charge in [-0.1, -0.05) is 43.3 Å². The summed E-state index contributed by atoms with van der Waals surface area (Å²) >= 11 is 3.46. The van der Waals surface area contributed by atoms with Gasteiger partial charge in [0, 0.05) is 13.0 Å². The van der Waals surface area contributed by atoms with Crippen LogP contribution in [0.2, 0.25) is 0 Å². The lowest BCUT2D eigenvalue weighted by atomic mass is 10.0. The molecule has 0 aliphatic rings. The quantitative estimate of drug-likeness (QED) is 0.782. The van der Waals surface area contributed by atoms with E-state index in [0.717, 1.165) is 15.8 Å². The van der Waals surface area contributed by atoms with Gasteiger partial charge >= 0.3 is 0 Å². The highest BCUT2D eigenvalue weighted by molar-refractivity contribution is 9.10. The number of amides is 1. The van der Waals surface area contributed by atoms with Crippen molar-refractivity contribution in [1.82, 2.24) is 5.32 Å². The van der Waals surface area contributed by atoms with Crippen molar-refractivity contribution in [2.75, 3.05) is 13.7 Å². The van der Waals surface area contributed by atoms with Gasteiger partial charge in [-0.25, -0.2) is 0 Å². The van der Waals surface area contributed by atoms with Crippen molar-refractivity contribution < 1.29 is 9.53 Å². The lowest BCUT2D eigenvalue weighted by Crippen LogP contribution is -2.27. The van der Waals surface area contributed by atoms with Crippen LogP contribution in [0.4, 0.5) is 0 Å². The van der Waals surface area contributed by atoms with Crippen LogP contribution in [0.25, 0.3) is 0 Å². The molecule has 1 atom stereocenters. The topological polar surface area (TPSA) is 38.3 Å². The normalized spacial score (nSPS) is 11.8. The molecule has 0 aromatic heterocycles. The highest BCUT2D eigenvalue weighted by Gasteiger charge is 2.08. The van der Waals surface area contributed by atoms with E-state index in [0.29, 0.717) is 25.3 Å². The average molecular weight is 376 g/mol. The Balaban J connectivity index is 1.78. The van der Waals surface area contributed by atoms with Gasteiger partial charge < -0.3 is 10.1 Å². The molecule has 2 aromatic rings. The Morgan fingerprint density at radius 2 is 1.96 bits per heavy atom. The third-order valence-electron chi connectivity index (χ3n) is 3.83. The van der Waals surface area contributed by atoms with Crippen LogP contribution < -0.4 is 10.1 Å². The van der Waals surface area contributed by atoms with Gasteiger partial charge in [0.05, 0.1) is 11.6 Å². The number of nitrogens with one attached hydrogen (secondary N) is 1. The van der Waals surface area contributed by atoms with Gasteiger partial charge in [-0.05, 0) is 51.5 Å². The fraction of sp³-hybridized carbons (Fsp3) is 0.316. The first-order chi connectivity index (χ1) is 11.1. The van der Waals surface area contributed by atoms with Crippen molar-refractivity contribution >= 4 is 21.8 Å². The Kier molecular flexibility index (Phi) is 6.66. The zero-order chi connectivity index (χ0) is 16.7. The number of carbonyl (C=O) groups is 1. The van der Waals surface area contributed by atoms with Crippen LogP contribution in [-0.2, 0) is 11.2 Å². The number of rotatable bonds is 7. The molecule has 122 valence electrons. The van der Waals surface area contributed by atoms with Crippen molar-refractivity contribution in [3.8, 4) is 5.75 Å². The predicted molar refractivity (Wildman–Crippen MR) is 96.9 cm³/mol. The number of benzene rings is 2. The molecule has 0 heterocycles. The van der Waals surface area contributed by atoms with Crippen molar-refractivity contribution in [2.45, 2.75) is 25.7 Å².